The van der Waals surface area contributed by atoms with Gasteiger partial charge in [0.1, 0.15) is 16.9 Å². The Hall–Kier alpha value is -3.06. The van der Waals surface area contributed by atoms with Gasteiger partial charge in [0, 0.05) is 30.9 Å². The standard InChI is InChI=1S/C20H23N3O4/c1-22(2)20(25)12-23(3)11-19(24)21-15-10-17-14(9-18(15)26-4)13-7-5-6-8-16(13)27-17/h5-10H,11-12H2,1-4H3,(H,21,24)/p+1. The maximum absolute atomic E-state index is 12.4. The number of ether oxygens (including phenoxy) is 1. The molecule has 0 radical (unpaired) electrons. The Morgan fingerprint density at radius 3 is 2.56 bits per heavy atom. The van der Waals surface area contributed by atoms with E-state index in [0.29, 0.717) is 17.0 Å². The first-order valence-electron chi connectivity index (χ1n) is 8.69. The lowest BCUT2D eigenvalue weighted by molar-refractivity contribution is -0.862. The molecule has 0 saturated carbocycles. The first-order valence-corrected chi connectivity index (χ1v) is 8.69. The van der Waals surface area contributed by atoms with Gasteiger partial charge in [-0.1, -0.05) is 18.2 Å². The Morgan fingerprint density at radius 2 is 1.85 bits per heavy atom. The topological polar surface area (TPSA) is 76.2 Å². The van der Waals surface area contributed by atoms with Crippen LogP contribution >= 0.6 is 0 Å². The number of amides is 2. The van der Waals surface area contributed by atoms with Crippen LogP contribution in [-0.2, 0) is 9.59 Å². The summed E-state index contributed by atoms with van der Waals surface area (Å²) >= 11 is 0. The summed E-state index contributed by atoms with van der Waals surface area (Å²) in [6, 6.07) is 11.4. The molecule has 27 heavy (non-hydrogen) atoms. The van der Waals surface area contributed by atoms with Crippen LogP contribution in [0.15, 0.2) is 40.8 Å². The minimum absolute atomic E-state index is 0.0263. The lowest BCUT2D eigenvalue weighted by atomic mass is 10.1. The van der Waals surface area contributed by atoms with Gasteiger partial charge in [0.25, 0.3) is 11.8 Å². The van der Waals surface area contributed by atoms with Crippen molar-refractivity contribution in [3.8, 4) is 5.75 Å². The van der Waals surface area contributed by atoms with Crippen molar-refractivity contribution in [2.24, 2.45) is 0 Å². The van der Waals surface area contributed by atoms with Gasteiger partial charge in [0.15, 0.2) is 13.1 Å². The van der Waals surface area contributed by atoms with Crippen LogP contribution in [0.3, 0.4) is 0 Å². The van der Waals surface area contributed by atoms with Gasteiger partial charge in [-0.25, -0.2) is 0 Å². The molecule has 1 atom stereocenters. The molecule has 0 fully saturated rings. The largest absolute Gasteiger partial charge is 0.495 e. The Kier molecular flexibility index (Phi) is 5.32. The van der Waals surface area contributed by atoms with Crippen LogP contribution in [0, 0.1) is 0 Å². The molecule has 3 rings (SSSR count). The SMILES string of the molecule is COc1cc2c(cc1NC(=O)C[NH+](C)CC(=O)N(C)C)oc1ccccc12. The van der Waals surface area contributed by atoms with E-state index in [0.717, 1.165) is 21.3 Å². The van der Waals surface area contributed by atoms with E-state index in [1.165, 1.54) is 4.90 Å². The van der Waals surface area contributed by atoms with E-state index in [4.69, 9.17) is 9.15 Å². The Bertz CT molecular complexity index is 993. The molecule has 3 aromatic rings. The molecular weight excluding hydrogens is 346 g/mol. The highest BCUT2D eigenvalue weighted by molar-refractivity contribution is 6.07. The Balaban J connectivity index is 1.80. The average Bonchev–Trinajstić information content (AvgIpc) is 2.97. The van der Waals surface area contributed by atoms with Crippen molar-refractivity contribution in [3.05, 3.63) is 36.4 Å². The number of rotatable bonds is 6. The van der Waals surface area contributed by atoms with E-state index in [1.54, 1.807) is 34.3 Å². The fourth-order valence-electron chi connectivity index (χ4n) is 2.97. The third-order valence-electron chi connectivity index (χ3n) is 4.39. The molecular formula is C20H24N3O4+. The first-order chi connectivity index (χ1) is 12.9. The van der Waals surface area contributed by atoms with Crippen molar-refractivity contribution >= 4 is 39.4 Å². The smallest absolute Gasteiger partial charge is 0.279 e. The number of para-hydroxylation sites is 1. The molecule has 2 amide bonds. The number of benzene rings is 2. The zero-order chi connectivity index (χ0) is 19.6. The van der Waals surface area contributed by atoms with Gasteiger partial charge >= 0.3 is 0 Å². The van der Waals surface area contributed by atoms with Crippen molar-refractivity contribution in [3.63, 3.8) is 0 Å². The highest BCUT2D eigenvalue weighted by Crippen LogP contribution is 2.36. The highest BCUT2D eigenvalue weighted by atomic mass is 16.5. The lowest BCUT2D eigenvalue weighted by Gasteiger charge is -2.16. The summed E-state index contributed by atoms with van der Waals surface area (Å²) in [5, 5.41) is 4.79. The number of anilines is 1. The van der Waals surface area contributed by atoms with Crippen molar-refractivity contribution in [2.45, 2.75) is 0 Å². The normalized spacial score (nSPS) is 12.1. The Labute approximate surface area is 157 Å². The second-order valence-electron chi connectivity index (χ2n) is 6.79. The number of hydrogen-bond donors (Lipinski definition) is 2. The summed E-state index contributed by atoms with van der Waals surface area (Å²) in [7, 11) is 6.76. The number of carbonyl (C=O) groups is 2. The van der Waals surface area contributed by atoms with Gasteiger partial charge in [-0.05, 0) is 12.1 Å². The molecule has 7 heteroatoms. The van der Waals surface area contributed by atoms with Crippen LogP contribution in [0.4, 0.5) is 5.69 Å². The van der Waals surface area contributed by atoms with Crippen molar-refractivity contribution in [1.29, 1.82) is 0 Å². The van der Waals surface area contributed by atoms with Crippen molar-refractivity contribution < 1.29 is 23.6 Å². The lowest BCUT2D eigenvalue weighted by Crippen LogP contribution is -3.11. The third kappa shape index (κ3) is 4.03. The number of carbonyl (C=O) groups excluding carboxylic acids is 2. The molecule has 0 aliphatic rings. The monoisotopic (exact) mass is 370 g/mol. The molecule has 0 spiro atoms. The highest BCUT2D eigenvalue weighted by Gasteiger charge is 2.18. The minimum Gasteiger partial charge on any atom is -0.495 e. The van der Waals surface area contributed by atoms with E-state index >= 15 is 0 Å². The van der Waals surface area contributed by atoms with Gasteiger partial charge in [0.2, 0.25) is 0 Å². The van der Waals surface area contributed by atoms with E-state index < -0.39 is 0 Å². The van der Waals surface area contributed by atoms with Crippen LogP contribution in [-0.4, -0.2) is 58.1 Å². The molecule has 1 aromatic heterocycles. The predicted octanol–water partition coefficient (Wildman–Crippen LogP) is 1.14. The summed E-state index contributed by atoms with van der Waals surface area (Å²) in [4.78, 5) is 26.5. The third-order valence-corrected chi connectivity index (χ3v) is 4.39. The fourth-order valence-corrected chi connectivity index (χ4v) is 2.97. The number of furan rings is 1. The maximum Gasteiger partial charge on any atom is 0.279 e. The van der Waals surface area contributed by atoms with E-state index in [-0.39, 0.29) is 24.9 Å². The van der Waals surface area contributed by atoms with E-state index in [2.05, 4.69) is 5.32 Å². The zero-order valence-electron chi connectivity index (χ0n) is 16.0. The molecule has 0 aliphatic carbocycles. The molecule has 2 N–H and O–H groups in total. The fraction of sp³-hybridized carbons (Fsp3) is 0.300. The number of likely N-dealkylation sites (N-methyl/N-ethyl adjacent to an activating group) is 2. The van der Waals surface area contributed by atoms with Crippen LogP contribution in [0.2, 0.25) is 0 Å². The Morgan fingerprint density at radius 1 is 1.11 bits per heavy atom. The summed E-state index contributed by atoms with van der Waals surface area (Å²) in [6.07, 6.45) is 0. The number of methoxy groups -OCH3 is 1. The number of nitrogens with one attached hydrogen (secondary N) is 2. The van der Waals surface area contributed by atoms with Gasteiger partial charge in [-0.3, -0.25) is 9.59 Å². The second-order valence-corrected chi connectivity index (χ2v) is 6.79. The summed E-state index contributed by atoms with van der Waals surface area (Å²) < 4.78 is 11.3. The van der Waals surface area contributed by atoms with Gasteiger partial charge in [-0.15, -0.1) is 0 Å². The summed E-state index contributed by atoms with van der Waals surface area (Å²) in [5.74, 6) is 0.332. The van der Waals surface area contributed by atoms with Crippen LogP contribution < -0.4 is 15.0 Å². The molecule has 2 aromatic carbocycles. The van der Waals surface area contributed by atoms with Gasteiger partial charge in [-0.2, -0.15) is 0 Å². The van der Waals surface area contributed by atoms with Crippen molar-refractivity contribution in [1.82, 2.24) is 4.90 Å². The molecule has 0 aliphatic heterocycles. The van der Waals surface area contributed by atoms with E-state index in [1.807, 2.05) is 30.3 Å². The maximum atomic E-state index is 12.4. The second kappa shape index (κ2) is 7.67. The van der Waals surface area contributed by atoms with Crippen molar-refractivity contribution in [2.75, 3.05) is 46.7 Å². The van der Waals surface area contributed by atoms with Crippen LogP contribution in [0.1, 0.15) is 0 Å². The van der Waals surface area contributed by atoms with Crippen LogP contribution in [0.25, 0.3) is 21.9 Å². The summed E-state index contributed by atoms with van der Waals surface area (Å²) in [5.41, 5.74) is 2.00. The minimum atomic E-state index is -0.201. The molecule has 1 unspecified atom stereocenters. The predicted molar refractivity (Wildman–Crippen MR) is 104 cm³/mol. The molecule has 7 nitrogen and oxygen atoms in total. The number of nitrogens with zero attached hydrogens (tertiary/aromatic N) is 1. The molecule has 1 heterocycles. The molecule has 0 bridgehead atoms. The molecule has 142 valence electrons. The number of hydrogen-bond acceptors (Lipinski definition) is 4. The average molecular weight is 370 g/mol. The van der Waals surface area contributed by atoms with Crippen LogP contribution in [0.5, 0.6) is 5.75 Å². The first kappa shape index (κ1) is 18.7. The summed E-state index contributed by atoms with van der Waals surface area (Å²) in [6.45, 7) is 0.418. The van der Waals surface area contributed by atoms with Gasteiger partial charge < -0.3 is 24.3 Å². The zero-order valence-corrected chi connectivity index (χ0v) is 16.0. The van der Waals surface area contributed by atoms with Gasteiger partial charge in [0.05, 0.1) is 19.8 Å². The number of fused-ring (bicyclic) bond motifs is 3. The van der Waals surface area contributed by atoms with E-state index in [9.17, 15) is 9.59 Å². The quantitative estimate of drug-likeness (QED) is 0.682. The molecule has 0 saturated heterocycles. The number of quaternary nitrogens is 1.